The molecule has 0 aromatic carbocycles. The number of fused-ring (bicyclic) bond motifs is 3. The van der Waals surface area contributed by atoms with Crippen LogP contribution < -0.4 is 0 Å². The number of esters is 3. The molecule has 6 fully saturated rings. The second kappa shape index (κ2) is 12.2. The van der Waals surface area contributed by atoms with E-state index in [1.807, 2.05) is 13.8 Å². The summed E-state index contributed by atoms with van der Waals surface area (Å²) in [7, 11) is 2.89. The fourth-order valence-electron chi connectivity index (χ4n) is 11.1. The number of carbonyl (C=O) groups excluding carboxylic acids is 6. The number of aliphatic hydroxyl groups excluding tert-OH is 1. The SMILES string of the molecule is C=C1C(=O)[C@]23[C@H](OC(=O)CCCC(=O)OCc4cn(C)c5c4C(=O)C(OC)=CC5=O)[C@H]1CC[C@H]2[C@@]12CO[C@@]3(O)[C@@H](O)[C@@H]1C(C)(C)CCC2OC(C)=O. The van der Waals surface area contributed by atoms with Crippen molar-refractivity contribution in [2.45, 2.75) is 96.4 Å². The van der Waals surface area contributed by atoms with E-state index in [0.717, 1.165) is 6.08 Å². The molecule has 0 radical (unpaired) electrons. The summed E-state index contributed by atoms with van der Waals surface area (Å²) in [5.41, 5.74) is -2.65. The number of carbonyl (C=O) groups is 6. The van der Waals surface area contributed by atoms with Crippen molar-refractivity contribution in [2.75, 3.05) is 13.7 Å². The number of aromatic nitrogens is 1. The Morgan fingerprint density at radius 3 is 2.48 bits per heavy atom. The van der Waals surface area contributed by atoms with Crippen molar-refractivity contribution in [2.24, 2.45) is 41.0 Å². The van der Waals surface area contributed by atoms with Crippen LogP contribution in [0.5, 0.6) is 0 Å². The third kappa shape index (κ3) is 4.72. The largest absolute Gasteiger partial charge is 0.492 e. The lowest BCUT2D eigenvalue weighted by atomic mass is 9.35. The van der Waals surface area contributed by atoms with Crippen LogP contribution >= 0.6 is 0 Å². The Bertz CT molecular complexity index is 1840. The Hall–Kier alpha value is -4.14. The van der Waals surface area contributed by atoms with Gasteiger partial charge in [-0.3, -0.25) is 28.8 Å². The summed E-state index contributed by atoms with van der Waals surface area (Å²) in [6, 6.07) is 0. The maximum atomic E-state index is 14.4. The number of allylic oxidation sites excluding steroid dienone is 2. The standard InChI is InChI=1S/C38H45NO13/c1-18-21-10-11-24-36-17-50-38(47,33(46)31(36)35(3,4)13-12-25(36)51-19(2)40)37(24,32(18)45)34(21)52-27(43)9-7-8-26(42)49-16-20-15-39(5)29-22(41)14-23(48-6)30(44)28(20)29/h14-15,21,24-25,31,33-34,46-47H,1,7-13,16-17H2,2-6H3/t21-,24-,25?,31+,33-,34+,36+,37-,38-/m0/s1. The first kappa shape index (κ1) is 36.2. The summed E-state index contributed by atoms with van der Waals surface area (Å²) in [5.74, 6) is -7.70. The Labute approximate surface area is 300 Å². The van der Waals surface area contributed by atoms with Gasteiger partial charge in [-0.1, -0.05) is 20.4 Å². The highest BCUT2D eigenvalue weighted by atomic mass is 16.7. The molecule has 2 spiro atoms. The molecule has 14 nitrogen and oxygen atoms in total. The summed E-state index contributed by atoms with van der Waals surface area (Å²) in [4.78, 5) is 78.4. The van der Waals surface area contributed by atoms with E-state index in [4.69, 9.17) is 23.7 Å². The maximum absolute atomic E-state index is 14.4. The number of aliphatic hydroxyl groups is 2. The van der Waals surface area contributed by atoms with E-state index >= 15 is 0 Å². The van der Waals surface area contributed by atoms with Crippen molar-refractivity contribution in [3.05, 3.63) is 47.0 Å². The van der Waals surface area contributed by atoms with Crippen LogP contribution in [0.3, 0.4) is 0 Å². The third-order valence-electron chi connectivity index (χ3n) is 13.0. The Balaban J connectivity index is 1.07. The van der Waals surface area contributed by atoms with Gasteiger partial charge in [0.15, 0.2) is 11.5 Å². The number of Topliss-reactive ketones (excluding diaryl/α,β-unsaturated/α-hetero) is 2. The highest BCUT2D eigenvalue weighted by molar-refractivity contribution is 6.23. The summed E-state index contributed by atoms with van der Waals surface area (Å²) < 4.78 is 30.1. The predicted octanol–water partition coefficient (Wildman–Crippen LogP) is 2.66. The van der Waals surface area contributed by atoms with Crippen LogP contribution in [-0.2, 0) is 56.5 Å². The summed E-state index contributed by atoms with van der Waals surface area (Å²) in [6.45, 7) is 9.02. The Morgan fingerprint density at radius 1 is 1.08 bits per heavy atom. The topological polar surface area (TPSA) is 194 Å². The van der Waals surface area contributed by atoms with E-state index in [-0.39, 0.29) is 55.1 Å². The predicted molar refractivity (Wildman–Crippen MR) is 177 cm³/mol. The molecule has 2 N–H and O–H groups in total. The lowest BCUT2D eigenvalue weighted by Crippen LogP contribution is -2.86. The van der Waals surface area contributed by atoms with Crippen molar-refractivity contribution in [1.82, 2.24) is 4.57 Å². The van der Waals surface area contributed by atoms with Crippen molar-refractivity contribution in [3.8, 4) is 0 Å². The second-order valence-electron chi connectivity index (χ2n) is 15.9. The third-order valence-corrected chi connectivity index (χ3v) is 13.0. The second-order valence-corrected chi connectivity index (χ2v) is 15.9. The van der Waals surface area contributed by atoms with Gasteiger partial charge in [0.2, 0.25) is 17.4 Å². The van der Waals surface area contributed by atoms with Gasteiger partial charge in [0.25, 0.3) is 0 Å². The van der Waals surface area contributed by atoms with Gasteiger partial charge in [-0.25, -0.2) is 0 Å². The number of aryl methyl sites for hydroxylation is 1. The number of nitrogens with zero attached hydrogens (tertiary/aromatic N) is 1. The molecular weight excluding hydrogens is 678 g/mol. The number of hydrogen-bond donors (Lipinski definition) is 2. The number of hydrogen-bond acceptors (Lipinski definition) is 13. The van der Waals surface area contributed by atoms with E-state index < -0.39 is 93.4 Å². The summed E-state index contributed by atoms with van der Waals surface area (Å²) in [6.07, 6.45) is 0.736. The van der Waals surface area contributed by atoms with E-state index in [2.05, 4.69) is 6.58 Å². The molecule has 1 unspecified atom stereocenters. The number of rotatable bonds is 9. The molecule has 1 aromatic heterocycles. The van der Waals surface area contributed by atoms with Crippen molar-refractivity contribution >= 4 is 35.3 Å². The van der Waals surface area contributed by atoms with Gasteiger partial charge >= 0.3 is 17.9 Å². The van der Waals surface area contributed by atoms with Crippen LogP contribution in [0.25, 0.3) is 0 Å². The smallest absolute Gasteiger partial charge is 0.306 e. The fourth-order valence-corrected chi connectivity index (χ4v) is 11.1. The van der Waals surface area contributed by atoms with Gasteiger partial charge in [0, 0.05) is 61.9 Å². The zero-order valence-electron chi connectivity index (χ0n) is 30.0. The summed E-state index contributed by atoms with van der Waals surface area (Å²) in [5, 5.41) is 24.5. The van der Waals surface area contributed by atoms with E-state index in [1.54, 1.807) is 7.05 Å². The normalized spacial score (nSPS) is 36.7. The summed E-state index contributed by atoms with van der Waals surface area (Å²) >= 11 is 0. The quantitative estimate of drug-likeness (QED) is 0.215. The molecule has 8 rings (SSSR count). The van der Waals surface area contributed by atoms with Crippen LogP contribution in [0.15, 0.2) is 30.2 Å². The Morgan fingerprint density at radius 2 is 1.79 bits per heavy atom. The minimum absolute atomic E-state index is 0.0272. The van der Waals surface area contributed by atoms with Gasteiger partial charge in [0.05, 0.1) is 19.3 Å². The average Bonchev–Trinajstić information content (AvgIpc) is 3.47. The molecule has 1 aromatic rings. The van der Waals surface area contributed by atoms with Crippen molar-refractivity contribution in [1.29, 1.82) is 0 Å². The van der Waals surface area contributed by atoms with E-state index in [0.29, 0.717) is 31.2 Å². The van der Waals surface area contributed by atoms with Gasteiger partial charge in [-0.15, -0.1) is 0 Å². The van der Waals surface area contributed by atoms with Crippen molar-refractivity contribution in [3.63, 3.8) is 0 Å². The molecule has 4 bridgehead atoms. The Kier molecular flexibility index (Phi) is 8.50. The molecule has 52 heavy (non-hydrogen) atoms. The molecule has 5 aliphatic carbocycles. The average molecular weight is 724 g/mol. The molecule has 280 valence electrons. The lowest BCUT2D eigenvalue weighted by Gasteiger charge is -2.74. The number of methoxy groups -OCH3 is 1. The number of ketones is 3. The zero-order chi connectivity index (χ0) is 37.7. The van der Waals surface area contributed by atoms with Crippen molar-refractivity contribution < 1.29 is 62.7 Å². The van der Waals surface area contributed by atoms with Crippen LogP contribution in [0.4, 0.5) is 0 Å². The molecule has 2 aliphatic heterocycles. The molecule has 0 amide bonds. The first-order valence-corrected chi connectivity index (χ1v) is 17.8. The molecule has 7 aliphatic rings. The van der Waals surface area contributed by atoms with E-state index in [9.17, 15) is 39.0 Å². The highest BCUT2D eigenvalue weighted by Gasteiger charge is 2.88. The molecular formula is C38H45NO13. The molecule has 2 saturated heterocycles. The fraction of sp³-hybridized carbons (Fsp3) is 0.632. The minimum Gasteiger partial charge on any atom is -0.492 e. The van der Waals surface area contributed by atoms with E-state index in [1.165, 1.54) is 24.8 Å². The molecule has 14 heteroatoms. The van der Waals surface area contributed by atoms with Crippen LogP contribution in [0, 0.1) is 34.0 Å². The lowest BCUT2D eigenvalue weighted by molar-refractivity contribution is -0.458. The maximum Gasteiger partial charge on any atom is 0.306 e. The minimum atomic E-state index is -2.40. The van der Waals surface area contributed by atoms with Gasteiger partial charge in [-0.05, 0) is 49.0 Å². The van der Waals surface area contributed by atoms with Crippen LogP contribution in [0.1, 0.15) is 92.1 Å². The van der Waals surface area contributed by atoms with Gasteiger partial charge < -0.3 is 38.5 Å². The zero-order valence-corrected chi connectivity index (χ0v) is 30.0. The number of ether oxygens (including phenoxy) is 5. The molecule has 9 atom stereocenters. The van der Waals surface area contributed by atoms with Crippen LogP contribution in [-0.4, -0.2) is 87.9 Å². The molecule has 4 saturated carbocycles. The first-order valence-electron chi connectivity index (χ1n) is 17.8. The monoisotopic (exact) mass is 723 g/mol. The van der Waals surface area contributed by atoms with Gasteiger partial charge in [-0.2, -0.15) is 0 Å². The highest BCUT2D eigenvalue weighted by Crippen LogP contribution is 2.77. The molecule has 3 heterocycles. The van der Waals surface area contributed by atoms with Gasteiger partial charge in [0.1, 0.15) is 36.0 Å². The first-order chi connectivity index (χ1) is 24.5. The van der Waals surface area contributed by atoms with Crippen LogP contribution in [0.2, 0.25) is 0 Å².